The SMILES string of the molecule is CCCCOC(=O)Nc1cccc(-c2c(C#N)c3ccc(OC(C)C)cc3n2CC)c1. The average molecular weight is 420 g/mol. The van der Waals surface area contributed by atoms with Crippen LogP contribution in [0.5, 0.6) is 5.75 Å². The van der Waals surface area contributed by atoms with Crippen molar-refractivity contribution in [2.45, 2.75) is 53.2 Å². The predicted molar refractivity (Wildman–Crippen MR) is 123 cm³/mol. The molecule has 0 unspecified atom stereocenters. The molecular weight excluding hydrogens is 390 g/mol. The molecule has 162 valence electrons. The summed E-state index contributed by atoms with van der Waals surface area (Å²) in [5.41, 5.74) is 3.86. The normalized spacial score (nSPS) is 10.8. The molecule has 0 saturated carbocycles. The van der Waals surface area contributed by atoms with Gasteiger partial charge in [-0.2, -0.15) is 5.26 Å². The van der Waals surface area contributed by atoms with Crippen LogP contribution in [0.1, 0.15) is 46.1 Å². The number of hydrogen-bond donors (Lipinski definition) is 1. The minimum absolute atomic E-state index is 0.0669. The molecule has 2 aromatic carbocycles. The van der Waals surface area contributed by atoms with Crippen molar-refractivity contribution in [1.82, 2.24) is 4.57 Å². The Bertz CT molecular complexity index is 1110. The Morgan fingerprint density at radius 2 is 2.00 bits per heavy atom. The molecule has 3 rings (SSSR count). The van der Waals surface area contributed by atoms with Gasteiger partial charge >= 0.3 is 6.09 Å². The third-order valence-corrected chi connectivity index (χ3v) is 4.95. The number of carbonyl (C=O) groups is 1. The molecule has 3 aromatic rings. The van der Waals surface area contributed by atoms with Crippen LogP contribution in [0.25, 0.3) is 22.2 Å². The lowest BCUT2D eigenvalue weighted by Gasteiger charge is -2.12. The number of amides is 1. The van der Waals surface area contributed by atoms with Gasteiger partial charge in [-0.05, 0) is 51.5 Å². The summed E-state index contributed by atoms with van der Waals surface area (Å²) >= 11 is 0. The van der Waals surface area contributed by atoms with E-state index in [9.17, 15) is 10.1 Å². The maximum Gasteiger partial charge on any atom is 0.411 e. The van der Waals surface area contributed by atoms with Gasteiger partial charge in [0.05, 0.1) is 29.5 Å². The summed E-state index contributed by atoms with van der Waals surface area (Å²) in [6.07, 6.45) is 1.39. The number of nitriles is 1. The monoisotopic (exact) mass is 419 g/mol. The zero-order valence-electron chi connectivity index (χ0n) is 18.6. The first-order valence-electron chi connectivity index (χ1n) is 10.8. The Hall–Kier alpha value is -3.46. The Balaban J connectivity index is 2.02. The van der Waals surface area contributed by atoms with Crippen molar-refractivity contribution in [3.8, 4) is 23.1 Å². The largest absolute Gasteiger partial charge is 0.491 e. The standard InChI is InChI=1S/C25H29N3O3/c1-5-7-13-30-25(29)27-19-10-8-9-18(14-19)24-22(16-26)21-12-11-20(31-17(3)4)15-23(21)28(24)6-2/h8-12,14-15,17H,5-7,13H2,1-4H3,(H,27,29). The van der Waals surface area contributed by atoms with Crippen molar-refractivity contribution < 1.29 is 14.3 Å². The average Bonchev–Trinajstić information content (AvgIpc) is 3.06. The van der Waals surface area contributed by atoms with Gasteiger partial charge in [-0.1, -0.05) is 25.5 Å². The van der Waals surface area contributed by atoms with Gasteiger partial charge in [0.2, 0.25) is 0 Å². The number of unbranched alkanes of at least 4 members (excludes halogenated alkanes) is 1. The van der Waals surface area contributed by atoms with Crippen LogP contribution < -0.4 is 10.1 Å². The van der Waals surface area contributed by atoms with E-state index in [0.29, 0.717) is 24.4 Å². The number of aryl methyl sites for hydroxylation is 1. The number of carbonyl (C=O) groups excluding carboxylic acids is 1. The van der Waals surface area contributed by atoms with Gasteiger partial charge in [0.15, 0.2) is 0 Å². The molecule has 0 aliphatic carbocycles. The zero-order chi connectivity index (χ0) is 22.4. The van der Waals surface area contributed by atoms with Crippen molar-refractivity contribution in [3.63, 3.8) is 0 Å². The van der Waals surface area contributed by atoms with Crippen LogP contribution in [0.3, 0.4) is 0 Å². The topological polar surface area (TPSA) is 76.3 Å². The van der Waals surface area contributed by atoms with Crippen LogP contribution >= 0.6 is 0 Å². The Morgan fingerprint density at radius 3 is 2.68 bits per heavy atom. The van der Waals surface area contributed by atoms with Crippen LogP contribution in [0.4, 0.5) is 10.5 Å². The minimum atomic E-state index is -0.474. The van der Waals surface area contributed by atoms with E-state index in [-0.39, 0.29) is 6.10 Å². The molecule has 0 bridgehead atoms. The molecule has 1 N–H and O–H groups in total. The number of nitrogens with zero attached hydrogens (tertiary/aromatic N) is 2. The van der Waals surface area contributed by atoms with Crippen LogP contribution in [0, 0.1) is 11.3 Å². The molecule has 6 nitrogen and oxygen atoms in total. The van der Waals surface area contributed by atoms with Crippen molar-refractivity contribution in [3.05, 3.63) is 48.0 Å². The van der Waals surface area contributed by atoms with Gasteiger partial charge in [-0.3, -0.25) is 5.32 Å². The molecule has 0 aliphatic heterocycles. The quantitative estimate of drug-likeness (QED) is 0.433. The summed E-state index contributed by atoms with van der Waals surface area (Å²) in [7, 11) is 0. The highest BCUT2D eigenvalue weighted by molar-refractivity contribution is 5.96. The highest BCUT2D eigenvalue weighted by atomic mass is 16.5. The number of anilines is 1. The Kier molecular flexibility index (Phi) is 7.19. The second-order valence-corrected chi connectivity index (χ2v) is 7.62. The fraction of sp³-hybridized carbons (Fsp3) is 0.360. The molecule has 1 amide bonds. The summed E-state index contributed by atoms with van der Waals surface area (Å²) in [4.78, 5) is 12.0. The van der Waals surface area contributed by atoms with Crippen molar-refractivity contribution in [2.24, 2.45) is 0 Å². The Morgan fingerprint density at radius 1 is 1.19 bits per heavy atom. The van der Waals surface area contributed by atoms with E-state index >= 15 is 0 Å². The molecule has 0 saturated heterocycles. The number of aromatic nitrogens is 1. The second kappa shape index (κ2) is 10.0. The summed E-state index contributed by atoms with van der Waals surface area (Å²) in [6.45, 7) is 9.15. The molecule has 31 heavy (non-hydrogen) atoms. The van der Waals surface area contributed by atoms with Gasteiger partial charge in [-0.15, -0.1) is 0 Å². The number of rotatable bonds is 8. The summed E-state index contributed by atoms with van der Waals surface area (Å²) in [6, 6.07) is 15.7. The number of hydrogen-bond acceptors (Lipinski definition) is 4. The predicted octanol–water partition coefficient (Wildman–Crippen LogP) is 6.34. The first-order chi connectivity index (χ1) is 15.0. The first-order valence-corrected chi connectivity index (χ1v) is 10.8. The molecule has 0 aliphatic rings. The van der Waals surface area contributed by atoms with Crippen LogP contribution in [0.15, 0.2) is 42.5 Å². The smallest absolute Gasteiger partial charge is 0.411 e. The third kappa shape index (κ3) is 5.00. The van der Waals surface area contributed by atoms with E-state index in [0.717, 1.165) is 40.8 Å². The Labute approximate surface area is 183 Å². The number of ether oxygens (including phenoxy) is 2. The molecule has 0 spiro atoms. The van der Waals surface area contributed by atoms with E-state index in [1.165, 1.54) is 0 Å². The van der Waals surface area contributed by atoms with E-state index in [4.69, 9.17) is 9.47 Å². The highest BCUT2D eigenvalue weighted by Gasteiger charge is 2.19. The third-order valence-electron chi connectivity index (χ3n) is 4.95. The molecule has 1 aromatic heterocycles. The number of benzene rings is 2. The highest BCUT2D eigenvalue weighted by Crippen LogP contribution is 2.36. The molecule has 0 radical (unpaired) electrons. The van der Waals surface area contributed by atoms with E-state index in [1.807, 2.05) is 70.2 Å². The summed E-state index contributed by atoms with van der Waals surface area (Å²) < 4.78 is 13.2. The van der Waals surface area contributed by atoms with Crippen LogP contribution in [0.2, 0.25) is 0 Å². The number of fused-ring (bicyclic) bond motifs is 1. The molecule has 0 fully saturated rings. The van der Waals surface area contributed by atoms with E-state index < -0.39 is 6.09 Å². The van der Waals surface area contributed by atoms with Gasteiger partial charge in [0.1, 0.15) is 11.8 Å². The summed E-state index contributed by atoms with van der Waals surface area (Å²) in [5, 5.41) is 13.6. The summed E-state index contributed by atoms with van der Waals surface area (Å²) in [5.74, 6) is 0.774. The molecule has 0 atom stereocenters. The lowest BCUT2D eigenvalue weighted by molar-refractivity contribution is 0.160. The fourth-order valence-corrected chi connectivity index (χ4v) is 3.62. The first kappa shape index (κ1) is 22.2. The van der Waals surface area contributed by atoms with Gasteiger partial charge < -0.3 is 14.0 Å². The lowest BCUT2D eigenvalue weighted by atomic mass is 10.1. The zero-order valence-corrected chi connectivity index (χ0v) is 18.6. The van der Waals surface area contributed by atoms with Gasteiger partial charge in [0.25, 0.3) is 0 Å². The van der Waals surface area contributed by atoms with Crippen molar-refractivity contribution >= 4 is 22.7 Å². The van der Waals surface area contributed by atoms with Crippen LogP contribution in [-0.4, -0.2) is 23.4 Å². The lowest BCUT2D eigenvalue weighted by Crippen LogP contribution is -2.14. The van der Waals surface area contributed by atoms with Gasteiger partial charge in [0, 0.05) is 29.2 Å². The maximum atomic E-state index is 12.0. The second-order valence-electron chi connectivity index (χ2n) is 7.62. The van der Waals surface area contributed by atoms with Crippen molar-refractivity contribution in [2.75, 3.05) is 11.9 Å². The molecular formula is C25H29N3O3. The minimum Gasteiger partial charge on any atom is -0.491 e. The van der Waals surface area contributed by atoms with Crippen molar-refractivity contribution in [1.29, 1.82) is 5.26 Å². The number of nitrogens with one attached hydrogen (secondary N) is 1. The fourth-order valence-electron chi connectivity index (χ4n) is 3.62. The van der Waals surface area contributed by atoms with Gasteiger partial charge in [-0.25, -0.2) is 4.79 Å². The molecule has 6 heteroatoms. The van der Waals surface area contributed by atoms with E-state index in [1.54, 1.807) is 0 Å². The molecule has 1 heterocycles. The maximum absolute atomic E-state index is 12.0. The van der Waals surface area contributed by atoms with Crippen LogP contribution in [-0.2, 0) is 11.3 Å². The van der Waals surface area contributed by atoms with E-state index in [2.05, 4.69) is 16.0 Å².